The van der Waals surface area contributed by atoms with Gasteiger partial charge >= 0.3 is 5.97 Å². The number of para-hydroxylation sites is 1. The maximum Gasteiger partial charge on any atom is 0.310 e. The second-order valence-corrected chi connectivity index (χ2v) is 5.53. The third kappa shape index (κ3) is 2.25. The number of carbonyl (C=O) groups is 1. The first-order chi connectivity index (χ1) is 11.3. The molecule has 0 bridgehead atoms. The molecule has 0 N–H and O–H groups in total. The van der Waals surface area contributed by atoms with Crippen molar-refractivity contribution in [3.8, 4) is 0 Å². The summed E-state index contributed by atoms with van der Waals surface area (Å²) < 4.78 is 11.2. The number of hydrogen-bond acceptors (Lipinski definition) is 3. The first-order valence-corrected chi connectivity index (χ1v) is 7.75. The topological polar surface area (TPSA) is 39.4 Å². The van der Waals surface area contributed by atoms with E-state index >= 15 is 0 Å². The molecule has 114 valence electrons. The SMILES string of the molecule is CCOC(=O)Cc1c2ccccc2cc2c1oc1ccccc12. The smallest absolute Gasteiger partial charge is 0.310 e. The van der Waals surface area contributed by atoms with Crippen LogP contribution in [0.1, 0.15) is 12.5 Å². The van der Waals surface area contributed by atoms with E-state index < -0.39 is 0 Å². The van der Waals surface area contributed by atoms with Gasteiger partial charge in [0.05, 0.1) is 13.0 Å². The Bertz CT molecular complexity index is 1030. The van der Waals surface area contributed by atoms with Crippen LogP contribution in [0.3, 0.4) is 0 Å². The van der Waals surface area contributed by atoms with Crippen LogP contribution in [0.5, 0.6) is 0 Å². The highest BCUT2D eigenvalue weighted by Gasteiger charge is 2.17. The van der Waals surface area contributed by atoms with E-state index in [0.29, 0.717) is 6.61 Å². The van der Waals surface area contributed by atoms with E-state index in [1.54, 1.807) is 0 Å². The minimum Gasteiger partial charge on any atom is -0.466 e. The van der Waals surface area contributed by atoms with Crippen LogP contribution in [-0.4, -0.2) is 12.6 Å². The number of furan rings is 1. The van der Waals surface area contributed by atoms with Crippen molar-refractivity contribution in [2.24, 2.45) is 0 Å². The van der Waals surface area contributed by atoms with Crippen LogP contribution in [0, 0.1) is 0 Å². The number of carbonyl (C=O) groups excluding carboxylic acids is 1. The van der Waals surface area contributed by atoms with E-state index in [1.165, 1.54) is 0 Å². The Morgan fingerprint density at radius 1 is 1.00 bits per heavy atom. The number of hydrogen-bond donors (Lipinski definition) is 0. The summed E-state index contributed by atoms with van der Waals surface area (Å²) in [6.45, 7) is 2.20. The molecule has 0 saturated carbocycles. The van der Waals surface area contributed by atoms with Crippen LogP contribution in [-0.2, 0) is 16.0 Å². The standard InChI is InChI=1S/C20H16O3/c1-2-22-19(21)12-17-14-8-4-3-7-13(14)11-16-15-9-5-6-10-18(15)23-20(16)17/h3-11H,2,12H2,1H3. The van der Waals surface area contributed by atoms with Crippen molar-refractivity contribution < 1.29 is 13.9 Å². The van der Waals surface area contributed by atoms with Gasteiger partial charge in [-0.3, -0.25) is 4.79 Å². The molecule has 0 saturated heterocycles. The third-order valence-corrected chi connectivity index (χ3v) is 4.12. The average molecular weight is 304 g/mol. The molecule has 4 aromatic rings. The zero-order chi connectivity index (χ0) is 15.8. The Morgan fingerprint density at radius 3 is 2.57 bits per heavy atom. The lowest BCUT2D eigenvalue weighted by Gasteiger charge is -2.07. The minimum absolute atomic E-state index is 0.214. The highest BCUT2D eigenvalue weighted by molar-refractivity contribution is 6.12. The van der Waals surface area contributed by atoms with Crippen LogP contribution in [0.2, 0.25) is 0 Å². The molecular weight excluding hydrogens is 288 g/mol. The maximum atomic E-state index is 12.1. The van der Waals surface area contributed by atoms with Crippen molar-refractivity contribution in [3.63, 3.8) is 0 Å². The Morgan fingerprint density at radius 2 is 1.74 bits per heavy atom. The minimum atomic E-state index is -0.231. The molecule has 1 aromatic heterocycles. The first kappa shape index (κ1) is 13.8. The molecule has 23 heavy (non-hydrogen) atoms. The summed E-state index contributed by atoms with van der Waals surface area (Å²) >= 11 is 0. The molecule has 3 heteroatoms. The van der Waals surface area contributed by atoms with E-state index in [1.807, 2.05) is 49.4 Å². The van der Waals surface area contributed by atoms with Gasteiger partial charge in [-0.05, 0) is 29.8 Å². The van der Waals surface area contributed by atoms with Crippen LogP contribution in [0.25, 0.3) is 32.7 Å². The second kappa shape index (κ2) is 5.43. The monoisotopic (exact) mass is 304 g/mol. The van der Waals surface area contributed by atoms with Crippen molar-refractivity contribution in [2.75, 3.05) is 6.61 Å². The summed E-state index contributed by atoms with van der Waals surface area (Å²) in [6, 6.07) is 18.1. The summed E-state index contributed by atoms with van der Waals surface area (Å²) in [5.41, 5.74) is 2.51. The number of benzene rings is 3. The van der Waals surface area contributed by atoms with Crippen molar-refractivity contribution in [1.82, 2.24) is 0 Å². The lowest BCUT2D eigenvalue weighted by Crippen LogP contribution is -2.08. The van der Waals surface area contributed by atoms with Gasteiger partial charge in [0.25, 0.3) is 0 Å². The molecule has 0 spiro atoms. The fourth-order valence-corrected chi connectivity index (χ4v) is 3.14. The predicted molar refractivity (Wildman–Crippen MR) is 91.6 cm³/mol. The molecule has 3 aromatic carbocycles. The van der Waals surface area contributed by atoms with Gasteiger partial charge in [0, 0.05) is 16.3 Å². The van der Waals surface area contributed by atoms with E-state index in [4.69, 9.17) is 9.15 Å². The molecule has 0 atom stereocenters. The molecule has 1 heterocycles. The molecule has 0 aliphatic rings. The average Bonchev–Trinajstić information content (AvgIpc) is 2.94. The van der Waals surface area contributed by atoms with Gasteiger partial charge in [0.2, 0.25) is 0 Å². The zero-order valence-corrected chi connectivity index (χ0v) is 12.8. The van der Waals surface area contributed by atoms with Gasteiger partial charge in [0.1, 0.15) is 11.2 Å². The quantitative estimate of drug-likeness (QED) is 0.508. The summed E-state index contributed by atoms with van der Waals surface area (Å²) in [7, 11) is 0. The van der Waals surface area contributed by atoms with Crippen molar-refractivity contribution in [3.05, 3.63) is 60.2 Å². The summed E-state index contributed by atoms with van der Waals surface area (Å²) in [6.07, 6.45) is 0.214. The van der Waals surface area contributed by atoms with Crippen LogP contribution < -0.4 is 0 Å². The molecule has 0 radical (unpaired) electrons. The fraction of sp³-hybridized carbons (Fsp3) is 0.150. The van der Waals surface area contributed by atoms with Crippen molar-refractivity contribution >= 4 is 38.7 Å². The summed E-state index contributed by atoms with van der Waals surface area (Å²) in [5.74, 6) is -0.231. The Hall–Kier alpha value is -2.81. The van der Waals surface area contributed by atoms with E-state index in [9.17, 15) is 4.79 Å². The lowest BCUT2D eigenvalue weighted by molar-refractivity contribution is -0.142. The van der Waals surface area contributed by atoms with Gasteiger partial charge < -0.3 is 9.15 Å². The number of rotatable bonds is 3. The van der Waals surface area contributed by atoms with Crippen molar-refractivity contribution in [2.45, 2.75) is 13.3 Å². The van der Waals surface area contributed by atoms with Gasteiger partial charge in [-0.1, -0.05) is 42.5 Å². The molecule has 0 fully saturated rings. The molecule has 0 aliphatic heterocycles. The predicted octanol–water partition coefficient (Wildman–Crippen LogP) is 4.84. The van der Waals surface area contributed by atoms with E-state index in [-0.39, 0.29) is 12.4 Å². The molecule has 0 amide bonds. The van der Waals surface area contributed by atoms with Gasteiger partial charge in [0.15, 0.2) is 0 Å². The highest BCUT2D eigenvalue weighted by atomic mass is 16.5. The lowest BCUT2D eigenvalue weighted by atomic mass is 9.98. The van der Waals surface area contributed by atoms with Gasteiger partial charge in [-0.2, -0.15) is 0 Å². The molecular formula is C20H16O3. The van der Waals surface area contributed by atoms with Crippen LogP contribution in [0.15, 0.2) is 59.0 Å². The number of esters is 1. The second-order valence-electron chi connectivity index (χ2n) is 5.53. The van der Waals surface area contributed by atoms with Gasteiger partial charge in [-0.15, -0.1) is 0 Å². The highest BCUT2D eigenvalue weighted by Crippen LogP contribution is 2.35. The van der Waals surface area contributed by atoms with Crippen LogP contribution in [0.4, 0.5) is 0 Å². The molecule has 4 rings (SSSR count). The van der Waals surface area contributed by atoms with E-state index in [2.05, 4.69) is 12.1 Å². The summed E-state index contributed by atoms with van der Waals surface area (Å²) in [4.78, 5) is 12.1. The Labute approximate surface area is 133 Å². The van der Waals surface area contributed by atoms with E-state index in [0.717, 1.165) is 38.3 Å². The van der Waals surface area contributed by atoms with Crippen LogP contribution >= 0.6 is 0 Å². The number of ether oxygens (including phenoxy) is 1. The first-order valence-electron chi connectivity index (χ1n) is 7.75. The normalized spacial score (nSPS) is 11.3. The third-order valence-electron chi connectivity index (χ3n) is 4.12. The number of fused-ring (bicyclic) bond motifs is 4. The zero-order valence-electron chi connectivity index (χ0n) is 12.8. The largest absolute Gasteiger partial charge is 0.466 e. The summed E-state index contributed by atoms with van der Waals surface area (Å²) in [5, 5.41) is 4.25. The molecule has 0 aliphatic carbocycles. The Kier molecular flexibility index (Phi) is 3.27. The molecule has 3 nitrogen and oxygen atoms in total. The molecule has 0 unspecified atom stereocenters. The fourth-order valence-electron chi connectivity index (χ4n) is 3.14. The van der Waals surface area contributed by atoms with Gasteiger partial charge in [-0.25, -0.2) is 0 Å². The Balaban J connectivity index is 2.07. The maximum absolute atomic E-state index is 12.1. The van der Waals surface area contributed by atoms with Crippen molar-refractivity contribution in [1.29, 1.82) is 0 Å².